The fourth-order valence-corrected chi connectivity index (χ4v) is 2.41. The zero-order valence-corrected chi connectivity index (χ0v) is 9.71. The Morgan fingerprint density at radius 3 is 2.60 bits per heavy atom. The number of aryl methyl sites for hydroxylation is 1. The molecular formula is C13H22N2. The van der Waals surface area contributed by atoms with Crippen LogP contribution < -0.4 is 5.32 Å². The molecular weight excluding hydrogens is 184 g/mol. The summed E-state index contributed by atoms with van der Waals surface area (Å²) >= 11 is 0. The molecule has 1 heterocycles. The molecule has 0 aliphatic heterocycles. The number of nitrogens with one attached hydrogen (secondary N) is 1. The molecule has 1 saturated carbocycles. The molecule has 2 rings (SSSR count). The molecule has 0 aromatic carbocycles. The van der Waals surface area contributed by atoms with Crippen molar-refractivity contribution >= 4 is 0 Å². The second-order valence-corrected chi connectivity index (χ2v) is 4.75. The minimum absolute atomic E-state index is 0.757. The smallest absolute Gasteiger partial charge is 0.0223 e. The van der Waals surface area contributed by atoms with Gasteiger partial charge in [-0.15, -0.1) is 0 Å². The van der Waals surface area contributed by atoms with E-state index in [9.17, 15) is 0 Å². The molecule has 0 saturated heterocycles. The molecule has 0 radical (unpaired) electrons. The Labute approximate surface area is 92.7 Å². The first kappa shape index (κ1) is 10.7. The van der Waals surface area contributed by atoms with Crippen LogP contribution in [0.4, 0.5) is 0 Å². The van der Waals surface area contributed by atoms with Crippen molar-refractivity contribution in [2.75, 3.05) is 0 Å². The number of nitrogens with zero attached hydrogens (tertiary/aromatic N) is 1. The third kappa shape index (κ3) is 3.38. The van der Waals surface area contributed by atoms with Gasteiger partial charge in [0.1, 0.15) is 0 Å². The van der Waals surface area contributed by atoms with Crippen LogP contribution in [-0.4, -0.2) is 10.6 Å². The predicted octanol–water partition coefficient (Wildman–Crippen LogP) is 2.84. The zero-order valence-electron chi connectivity index (χ0n) is 9.71. The third-order valence-corrected chi connectivity index (χ3v) is 3.34. The molecule has 2 heteroatoms. The summed E-state index contributed by atoms with van der Waals surface area (Å²) in [7, 11) is 2.08. The van der Waals surface area contributed by atoms with E-state index in [-0.39, 0.29) is 0 Å². The molecule has 0 bridgehead atoms. The number of hydrogen-bond acceptors (Lipinski definition) is 1. The van der Waals surface area contributed by atoms with Crippen LogP contribution in [0.5, 0.6) is 0 Å². The molecule has 15 heavy (non-hydrogen) atoms. The number of hydrogen-bond donors (Lipinski definition) is 1. The summed E-state index contributed by atoms with van der Waals surface area (Å²) in [5, 5.41) is 3.68. The summed E-state index contributed by atoms with van der Waals surface area (Å²) in [5.74, 6) is 0. The standard InChI is InChI=1S/C13H22N2/c1-15-9-8-12(11-15)10-14-13-6-4-2-3-5-7-13/h8-9,11,13-14H,2-7,10H2,1H3. The van der Waals surface area contributed by atoms with Gasteiger partial charge >= 0.3 is 0 Å². The highest BCUT2D eigenvalue weighted by molar-refractivity contribution is 5.09. The summed E-state index contributed by atoms with van der Waals surface area (Å²) in [5.41, 5.74) is 1.40. The molecule has 1 aromatic heterocycles. The summed E-state index contributed by atoms with van der Waals surface area (Å²) in [4.78, 5) is 0. The van der Waals surface area contributed by atoms with Crippen molar-refractivity contribution in [3.63, 3.8) is 0 Å². The van der Waals surface area contributed by atoms with Gasteiger partial charge in [-0.1, -0.05) is 25.7 Å². The molecule has 0 unspecified atom stereocenters. The fourth-order valence-electron chi connectivity index (χ4n) is 2.41. The van der Waals surface area contributed by atoms with E-state index in [4.69, 9.17) is 0 Å². The van der Waals surface area contributed by atoms with Gasteiger partial charge in [-0.05, 0) is 24.5 Å². The molecule has 0 spiro atoms. The zero-order chi connectivity index (χ0) is 10.5. The van der Waals surface area contributed by atoms with Crippen LogP contribution in [-0.2, 0) is 13.6 Å². The molecule has 84 valence electrons. The number of aromatic nitrogens is 1. The Bertz CT molecular complexity index is 282. The molecule has 2 nitrogen and oxygen atoms in total. The fraction of sp³-hybridized carbons (Fsp3) is 0.692. The Balaban J connectivity index is 1.76. The van der Waals surface area contributed by atoms with Gasteiger partial charge in [0.05, 0.1) is 0 Å². The Morgan fingerprint density at radius 1 is 1.27 bits per heavy atom. The first-order valence-corrected chi connectivity index (χ1v) is 6.19. The van der Waals surface area contributed by atoms with Crippen LogP contribution >= 0.6 is 0 Å². The van der Waals surface area contributed by atoms with Crippen LogP contribution in [0.25, 0.3) is 0 Å². The maximum atomic E-state index is 3.68. The summed E-state index contributed by atoms with van der Waals surface area (Å²) in [6.07, 6.45) is 12.7. The van der Waals surface area contributed by atoms with E-state index < -0.39 is 0 Å². The maximum Gasteiger partial charge on any atom is 0.0223 e. The van der Waals surface area contributed by atoms with Crippen LogP contribution in [0.1, 0.15) is 44.1 Å². The van der Waals surface area contributed by atoms with E-state index in [1.807, 2.05) is 0 Å². The Hall–Kier alpha value is -0.760. The first-order chi connectivity index (χ1) is 7.34. The molecule has 1 N–H and O–H groups in total. The summed E-state index contributed by atoms with van der Waals surface area (Å²) in [6.45, 7) is 1.03. The van der Waals surface area contributed by atoms with Gasteiger partial charge in [-0.3, -0.25) is 0 Å². The Morgan fingerprint density at radius 2 is 2.00 bits per heavy atom. The van der Waals surface area contributed by atoms with Crippen LogP contribution in [0.15, 0.2) is 18.5 Å². The molecule has 1 fully saturated rings. The number of rotatable bonds is 3. The molecule has 1 aromatic rings. The lowest BCUT2D eigenvalue weighted by Crippen LogP contribution is -2.27. The van der Waals surface area contributed by atoms with E-state index in [2.05, 4.69) is 35.4 Å². The van der Waals surface area contributed by atoms with Crippen molar-refractivity contribution in [1.82, 2.24) is 9.88 Å². The van der Waals surface area contributed by atoms with Crippen LogP contribution in [0, 0.1) is 0 Å². The van der Waals surface area contributed by atoms with Gasteiger partial charge in [0.25, 0.3) is 0 Å². The van der Waals surface area contributed by atoms with Crippen molar-refractivity contribution in [3.8, 4) is 0 Å². The molecule has 0 amide bonds. The van der Waals surface area contributed by atoms with Gasteiger partial charge in [0.15, 0.2) is 0 Å². The highest BCUT2D eigenvalue weighted by Crippen LogP contribution is 2.17. The molecule has 0 atom stereocenters. The second-order valence-electron chi connectivity index (χ2n) is 4.75. The average Bonchev–Trinajstić information content (AvgIpc) is 2.52. The highest BCUT2D eigenvalue weighted by Gasteiger charge is 2.11. The summed E-state index contributed by atoms with van der Waals surface area (Å²) < 4.78 is 2.12. The van der Waals surface area contributed by atoms with Crippen molar-refractivity contribution in [1.29, 1.82) is 0 Å². The monoisotopic (exact) mass is 206 g/mol. The van der Waals surface area contributed by atoms with Gasteiger partial charge in [0.2, 0.25) is 0 Å². The molecule has 1 aliphatic carbocycles. The van der Waals surface area contributed by atoms with E-state index in [0.29, 0.717) is 0 Å². The normalized spacial score (nSPS) is 19.0. The third-order valence-electron chi connectivity index (χ3n) is 3.34. The molecule has 1 aliphatic rings. The highest BCUT2D eigenvalue weighted by atomic mass is 14.9. The van der Waals surface area contributed by atoms with Crippen LogP contribution in [0.3, 0.4) is 0 Å². The second kappa shape index (κ2) is 5.36. The van der Waals surface area contributed by atoms with Crippen molar-refractivity contribution in [3.05, 3.63) is 24.0 Å². The topological polar surface area (TPSA) is 17.0 Å². The Kier molecular flexibility index (Phi) is 3.84. The first-order valence-electron chi connectivity index (χ1n) is 6.19. The quantitative estimate of drug-likeness (QED) is 0.752. The maximum absolute atomic E-state index is 3.68. The van der Waals surface area contributed by atoms with E-state index in [1.165, 1.54) is 44.1 Å². The van der Waals surface area contributed by atoms with Gasteiger partial charge in [-0.2, -0.15) is 0 Å². The van der Waals surface area contributed by atoms with Crippen LogP contribution in [0.2, 0.25) is 0 Å². The van der Waals surface area contributed by atoms with E-state index in [1.54, 1.807) is 0 Å². The van der Waals surface area contributed by atoms with Crippen molar-refractivity contribution in [2.45, 2.75) is 51.1 Å². The largest absolute Gasteiger partial charge is 0.357 e. The lowest BCUT2D eigenvalue weighted by Gasteiger charge is -2.15. The van der Waals surface area contributed by atoms with Crippen molar-refractivity contribution in [2.24, 2.45) is 7.05 Å². The van der Waals surface area contributed by atoms with Gasteiger partial charge < -0.3 is 9.88 Å². The lowest BCUT2D eigenvalue weighted by atomic mass is 10.1. The predicted molar refractivity (Wildman–Crippen MR) is 63.7 cm³/mol. The SMILES string of the molecule is Cn1ccc(CNC2CCCCCC2)c1. The minimum Gasteiger partial charge on any atom is -0.357 e. The van der Waals surface area contributed by atoms with Gasteiger partial charge in [-0.25, -0.2) is 0 Å². The minimum atomic E-state index is 0.757. The van der Waals surface area contributed by atoms with E-state index >= 15 is 0 Å². The summed E-state index contributed by atoms with van der Waals surface area (Å²) in [6, 6.07) is 2.96. The average molecular weight is 206 g/mol. The lowest BCUT2D eigenvalue weighted by molar-refractivity contribution is 0.459. The van der Waals surface area contributed by atoms with E-state index in [0.717, 1.165) is 12.6 Å². The van der Waals surface area contributed by atoms with Crippen molar-refractivity contribution < 1.29 is 0 Å². The van der Waals surface area contributed by atoms with Gasteiger partial charge in [0, 0.05) is 32.0 Å².